The Hall–Kier alpha value is -1.50. The van der Waals surface area contributed by atoms with Gasteiger partial charge in [-0.2, -0.15) is 21.4 Å². The maximum atomic E-state index is 11.5. The van der Waals surface area contributed by atoms with E-state index in [0.29, 0.717) is 25.1 Å². The summed E-state index contributed by atoms with van der Waals surface area (Å²) in [6.45, 7) is 1.91. The van der Waals surface area contributed by atoms with Gasteiger partial charge >= 0.3 is 0 Å². The lowest BCUT2D eigenvalue weighted by Crippen LogP contribution is -2.37. The number of unbranched alkanes of at least 4 members (excludes halogenated alkanes) is 1. The van der Waals surface area contributed by atoms with Crippen molar-refractivity contribution in [3.05, 3.63) is 48.5 Å². The van der Waals surface area contributed by atoms with Crippen molar-refractivity contribution in [3.63, 3.8) is 0 Å². The molecule has 0 fully saturated rings. The smallest absolute Gasteiger partial charge is 0.286 e. The van der Waals surface area contributed by atoms with Gasteiger partial charge in [-0.25, -0.2) is 0 Å². The van der Waals surface area contributed by atoms with Crippen molar-refractivity contribution in [1.29, 1.82) is 0 Å². The van der Waals surface area contributed by atoms with E-state index in [4.69, 9.17) is 4.55 Å². The zero-order valence-electron chi connectivity index (χ0n) is 17.5. The first-order valence-corrected chi connectivity index (χ1v) is 15.0. The molecule has 2 aromatic carbocycles. The Morgan fingerprint density at radius 3 is 2.38 bits per heavy atom. The third-order valence-electron chi connectivity index (χ3n) is 5.06. The van der Waals surface area contributed by atoms with Gasteiger partial charge in [-0.3, -0.25) is 9.11 Å². The SMILES string of the molecule is CC(CC[n+]1c(SCCCCS(=O)(=O)O)sc2ccc(-c3ccccc3)cc21)S(=O)(=O)O. The van der Waals surface area contributed by atoms with E-state index < -0.39 is 25.5 Å². The molecule has 11 heteroatoms. The molecule has 1 aromatic heterocycles. The molecular formula is C21H26NO6S4+. The van der Waals surface area contributed by atoms with Crippen LogP contribution in [-0.2, 0) is 26.8 Å². The summed E-state index contributed by atoms with van der Waals surface area (Å²) in [6.07, 6.45) is 1.26. The summed E-state index contributed by atoms with van der Waals surface area (Å²) in [5.41, 5.74) is 3.12. The highest BCUT2D eigenvalue weighted by atomic mass is 32.2. The Bertz CT molecular complexity index is 1270. The molecule has 0 aliphatic carbocycles. The van der Waals surface area contributed by atoms with Crippen molar-refractivity contribution in [2.75, 3.05) is 11.5 Å². The molecule has 2 N–H and O–H groups in total. The van der Waals surface area contributed by atoms with Crippen LogP contribution in [0.2, 0.25) is 0 Å². The van der Waals surface area contributed by atoms with Crippen LogP contribution in [0.3, 0.4) is 0 Å². The number of thiazole rings is 1. The van der Waals surface area contributed by atoms with Gasteiger partial charge in [0, 0.05) is 18.2 Å². The van der Waals surface area contributed by atoms with Crippen LogP contribution >= 0.6 is 23.1 Å². The van der Waals surface area contributed by atoms with Crippen LogP contribution in [0, 0.1) is 0 Å². The Morgan fingerprint density at radius 1 is 1.00 bits per heavy atom. The zero-order chi connectivity index (χ0) is 23.4. The number of hydrogen-bond acceptors (Lipinski definition) is 6. The standard InChI is InChI=1S/C21H25NO6S4/c1-16(32(26,27)28)11-12-22-19-15-18(17-7-3-2-4-8-17)9-10-20(19)30-21(22)29-13-5-6-14-31(23,24)25/h2-4,7-10,15-16H,5-6,11-14H2,1H3,(H-,23,24,25,26,27,28)/p+1. The Kier molecular flexibility index (Phi) is 8.34. The lowest BCUT2D eigenvalue weighted by atomic mass is 10.1. The maximum absolute atomic E-state index is 11.5. The second kappa shape index (κ2) is 10.6. The Balaban J connectivity index is 1.86. The van der Waals surface area contributed by atoms with E-state index in [1.165, 1.54) is 6.92 Å². The number of rotatable bonds is 11. The highest BCUT2D eigenvalue weighted by Crippen LogP contribution is 2.32. The van der Waals surface area contributed by atoms with Gasteiger partial charge < -0.3 is 0 Å². The lowest BCUT2D eigenvalue weighted by Gasteiger charge is -2.06. The summed E-state index contributed by atoms with van der Waals surface area (Å²) in [7, 11) is -8.06. The number of fused-ring (bicyclic) bond motifs is 1. The number of benzene rings is 2. The van der Waals surface area contributed by atoms with E-state index in [2.05, 4.69) is 16.7 Å². The molecule has 174 valence electrons. The summed E-state index contributed by atoms with van der Waals surface area (Å²) in [6, 6.07) is 16.2. The van der Waals surface area contributed by atoms with Crippen molar-refractivity contribution in [2.24, 2.45) is 0 Å². The van der Waals surface area contributed by atoms with Gasteiger partial charge in [0.1, 0.15) is 4.70 Å². The molecule has 0 saturated carbocycles. The molecule has 0 aliphatic heterocycles. The average Bonchev–Trinajstić information content (AvgIpc) is 3.07. The van der Waals surface area contributed by atoms with Crippen LogP contribution in [0.25, 0.3) is 21.3 Å². The van der Waals surface area contributed by atoms with E-state index in [1.54, 1.807) is 23.1 Å². The summed E-state index contributed by atoms with van der Waals surface area (Å²) in [4.78, 5) is 0. The molecule has 32 heavy (non-hydrogen) atoms. The van der Waals surface area contributed by atoms with Crippen LogP contribution in [0.15, 0.2) is 52.9 Å². The molecule has 7 nitrogen and oxygen atoms in total. The minimum absolute atomic E-state index is 0.258. The van der Waals surface area contributed by atoms with Crippen molar-refractivity contribution in [1.82, 2.24) is 0 Å². The van der Waals surface area contributed by atoms with Gasteiger partial charge in [0.15, 0.2) is 6.54 Å². The first-order chi connectivity index (χ1) is 15.0. The maximum Gasteiger partial charge on any atom is 0.298 e. The van der Waals surface area contributed by atoms with E-state index in [0.717, 1.165) is 25.7 Å². The number of hydrogen-bond donors (Lipinski definition) is 2. The minimum atomic E-state index is -4.11. The van der Waals surface area contributed by atoms with Crippen molar-refractivity contribution in [3.8, 4) is 11.1 Å². The molecular weight excluding hydrogens is 491 g/mol. The predicted molar refractivity (Wildman–Crippen MR) is 129 cm³/mol. The Labute approximate surface area is 197 Å². The van der Waals surface area contributed by atoms with Crippen molar-refractivity contribution >= 4 is 53.6 Å². The fourth-order valence-electron chi connectivity index (χ4n) is 3.20. The lowest BCUT2D eigenvalue weighted by molar-refractivity contribution is -0.702. The monoisotopic (exact) mass is 516 g/mol. The number of nitrogens with zero attached hydrogens (tertiary/aromatic N) is 1. The molecule has 1 atom stereocenters. The normalized spacial score (nSPS) is 13.5. The number of aromatic nitrogens is 1. The Morgan fingerprint density at radius 2 is 1.72 bits per heavy atom. The number of thioether (sulfide) groups is 1. The van der Waals surface area contributed by atoms with Crippen LogP contribution in [0.1, 0.15) is 26.2 Å². The molecule has 0 radical (unpaired) electrons. The van der Waals surface area contributed by atoms with E-state index in [-0.39, 0.29) is 12.2 Å². The fraction of sp³-hybridized carbons (Fsp3) is 0.381. The fourth-order valence-corrected chi connectivity index (χ4v) is 6.69. The molecule has 3 aromatic rings. The topological polar surface area (TPSA) is 113 Å². The molecule has 0 spiro atoms. The molecule has 0 saturated heterocycles. The number of aryl methyl sites for hydroxylation is 1. The third-order valence-corrected chi connectivity index (χ3v) is 9.65. The van der Waals surface area contributed by atoms with E-state index in [9.17, 15) is 21.4 Å². The second-order valence-corrected chi connectivity index (χ2v) is 13.3. The first kappa shape index (κ1) is 25.1. The minimum Gasteiger partial charge on any atom is -0.286 e. The summed E-state index contributed by atoms with van der Waals surface area (Å²) >= 11 is 3.17. The highest BCUT2D eigenvalue weighted by Gasteiger charge is 2.25. The molecule has 1 unspecified atom stereocenters. The second-order valence-electron chi connectivity index (χ2n) is 7.52. The quantitative estimate of drug-likeness (QED) is 0.169. The van der Waals surface area contributed by atoms with Crippen LogP contribution < -0.4 is 4.57 Å². The van der Waals surface area contributed by atoms with Crippen LogP contribution in [0.5, 0.6) is 0 Å². The van der Waals surface area contributed by atoms with E-state index >= 15 is 0 Å². The third kappa shape index (κ3) is 7.00. The van der Waals surface area contributed by atoms with E-state index in [1.807, 2.05) is 36.4 Å². The first-order valence-electron chi connectivity index (χ1n) is 10.1. The summed E-state index contributed by atoms with van der Waals surface area (Å²) < 4.78 is 67.1. The van der Waals surface area contributed by atoms with Crippen molar-refractivity contribution < 1.29 is 30.5 Å². The van der Waals surface area contributed by atoms with Gasteiger partial charge in [0.2, 0.25) is 5.52 Å². The van der Waals surface area contributed by atoms with Gasteiger partial charge in [0.25, 0.3) is 24.6 Å². The molecule has 1 heterocycles. The van der Waals surface area contributed by atoms with Crippen molar-refractivity contribution in [2.45, 2.75) is 42.3 Å². The van der Waals surface area contributed by atoms with Gasteiger partial charge in [0.05, 0.1) is 11.0 Å². The highest BCUT2D eigenvalue weighted by molar-refractivity contribution is 8.01. The van der Waals surface area contributed by atoms with Crippen LogP contribution in [0.4, 0.5) is 0 Å². The summed E-state index contributed by atoms with van der Waals surface area (Å²) in [5.74, 6) is 0.411. The molecule has 0 aliphatic rings. The average molecular weight is 517 g/mol. The molecule has 0 amide bonds. The van der Waals surface area contributed by atoms with Gasteiger partial charge in [-0.05, 0) is 48.7 Å². The van der Waals surface area contributed by atoms with Gasteiger partial charge in [-0.1, -0.05) is 47.7 Å². The predicted octanol–water partition coefficient (Wildman–Crippen LogP) is 4.28. The zero-order valence-corrected chi connectivity index (χ0v) is 20.8. The van der Waals surface area contributed by atoms with Crippen LogP contribution in [-0.4, -0.2) is 42.7 Å². The van der Waals surface area contributed by atoms with Gasteiger partial charge in [-0.15, -0.1) is 0 Å². The largest absolute Gasteiger partial charge is 0.298 e. The molecule has 3 rings (SSSR count). The molecule has 0 bridgehead atoms. The summed E-state index contributed by atoms with van der Waals surface area (Å²) in [5, 5.41) is -0.880.